The predicted molar refractivity (Wildman–Crippen MR) is 84.0 cm³/mol. The van der Waals surface area contributed by atoms with Crippen molar-refractivity contribution in [1.29, 1.82) is 0 Å². The van der Waals surface area contributed by atoms with E-state index in [1.807, 2.05) is 36.4 Å². The summed E-state index contributed by atoms with van der Waals surface area (Å²) in [5.41, 5.74) is 3.96. The Morgan fingerprint density at radius 1 is 0.895 bits per heavy atom. The molecule has 0 saturated carbocycles. The Morgan fingerprint density at radius 3 is 1.95 bits per heavy atom. The minimum absolute atomic E-state index is 0.793. The molecule has 0 amide bonds. The lowest BCUT2D eigenvalue weighted by Crippen LogP contribution is -2.39. The Kier molecular flexibility index (Phi) is 4.12. The summed E-state index contributed by atoms with van der Waals surface area (Å²) in [5, 5.41) is 1.34. The number of aldehydes is 1. The van der Waals surface area contributed by atoms with Crippen molar-refractivity contribution >= 4 is 25.1 Å². The number of carbonyl (C=O) groups is 1. The first kappa shape index (κ1) is 13.5. The largest absolute Gasteiger partial charge is 0.298 e. The quantitative estimate of drug-likeness (QED) is 0.471. The van der Waals surface area contributed by atoms with Gasteiger partial charge in [0.05, 0.1) is 0 Å². The van der Waals surface area contributed by atoms with Crippen LogP contribution in [-0.4, -0.2) is 14.4 Å². The molecule has 0 spiro atoms. The van der Waals surface area contributed by atoms with Crippen molar-refractivity contribution < 1.29 is 4.79 Å². The second kappa shape index (κ2) is 5.80. The van der Waals surface area contributed by atoms with Crippen molar-refractivity contribution in [2.45, 2.75) is 13.1 Å². The molecule has 0 aromatic heterocycles. The molecule has 96 valence electrons. The summed E-state index contributed by atoms with van der Waals surface area (Å²) in [7, 11) is -1.74. The standard InChI is InChI=1S/C17H18OSi/c1-19(2,17-11-7-4-8-12-17)14-16(13-18)15-9-5-3-6-10-15/h3-14H,1-2H3/b16-14-. The molecule has 0 aliphatic rings. The Bertz CT molecular complexity index is 571. The summed E-state index contributed by atoms with van der Waals surface area (Å²) < 4.78 is 0. The van der Waals surface area contributed by atoms with Crippen LogP contribution in [-0.2, 0) is 4.79 Å². The molecular weight excluding hydrogens is 248 g/mol. The van der Waals surface area contributed by atoms with Gasteiger partial charge in [0.1, 0.15) is 14.4 Å². The molecule has 19 heavy (non-hydrogen) atoms. The normalized spacial score (nSPS) is 12.2. The fraction of sp³-hybridized carbons (Fsp3) is 0.118. The van der Waals surface area contributed by atoms with Crippen LogP contribution in [0.4, 0.5) is 0 Å². The van der Waals surface area contributed by atoms with Crippen molar-refractivity contribution in [3.8, 4) is 0 Å². The molecule has 1 nitrogen and oxygen atoms in total. The minimum Gasteiger partial charge on any atom is -0.298 e. The van der Waals surface area contributed by atoms with Crippen LogP contribution in [0.25, 0.3) is 5.57 Å². The van der Waals surface area contributed by atoms with Gasteiger partial charge in [0.2, 0.25) is 0 Å². The molecule has 0 heterocycles. The van der Waals surface area contributed by atoms with Crippen molar-refractivity contribution in [3.63, 3.8) is 0 Å². The fourth-order valence-electron chi connectivity index (χ4n) is 2.16. The zero-order chi connectivity index (χ0) is 13.7. The van der Waals surface area contributed by atoms with E-state index >= 15 is 0 Å². The SMILES string of the molecule is C[Si](C)(/C=C(/C=O)c1ccccc1)c1ccccc1. The van der Waals surface area contributed by atoms with Gasteiger partial charge in [-0.15, -0.1) is 0 Å². The van der Waals surface area contributed by atoms with Crippen LogP contribution in [0.3, 0.4) is 0 Å². The Labute approximate surface area is 115 Å². The molecule has 0 unspecified atom stereocenters. The molecule has 0 saturated heterocycles. The summed E-state index contributed by atoms with van der Waals surface area (Å²) in [6.45, 7) is 4.52. The number of rotatable bonds is 4. The number of benzene rings is 2. The molecule has 2 aromatic rings. The van der Waals surface area contributed by atoms with Crippen LogP contribution < -0.4 is 5.19 Å². The zero-order valence-electron chi connectivity index (χ0n) is 11.3. The van der Waals surface area contributed by atoms with E-state index in [1.54, 1.807) is 0 Å². The molecule has 0 aliphatic heterocycles. The second-order valence-electron chi connectivity index (χ2n) is 5.17. The fourth-order valence-corrected chi connectivity index (χ4v) is 4.39. The molecule has 0 radical (unpaired) electrons. The molecule has 2 rings (SSSR count). The highest BCUT2D eigenvalue weighted by atomic mass is 28.3. The predicted octanol–water partition coefficient (Wildman–Crippen LogP) is 3.42. The lowest BCUT2D eigenvalue weighted by atomic mass is 10.1. The van der Waals surface area contributed by atoms with Gasteiger partial charge >= 0.3 is 0 Å². The maximum atomic E-state index is 11.4. The third-order valence-electron chi connectivity index (χ3n) is 3.27. The Hall–Kier alpha value is -1.93. The molecule has 0 aliphatic carbocycles. The lowest BCUT2D eigenvalue weighted by molar-refractivity contribution is -0.103. The van der Waals surface area contributed by atoms with E-state index in [9.17, 15) is 4.79 Å². The summed E-state index contributed by atoms with van der Waals surface area (Å²) in [6.07, 6.45) is 0.965. The molecule has 2 aromatic carbocycles. The van der Waals surface area contributed by atoms with Gasteiger partial charge in [-0.2, -0.15) is 0 Å². The van der Waals surface area contributed by atoms with Crippen molar-refractivity contribution in [2.75, 3.05) is 0 Å². The zero-order valence-corrected chi connectivity index (χ0v) is 12.3. The van der Waals surface area contributed by atoms with Gasteiger partial charge in [-0.25, -0.2) is 0 Å². The molecule has 0 fully saturated rings. The highest BCUT2D eigenvalue weighted by molar-refractivity contribution is 6.94. The first-order valence-corrected chi connectivity index (χ1v) is 9.50. The van der Waals surface area contributed by atoms with Crippen LogP contribution in [0.1, 0.15) is 5.56 Å². The molecule has 2 heteroatoms. The number of allylic oxidation sites excluding steroid dienone is 1. The monoisotopic (exact) mass is 266 g/mol. The van der Waals surface area contributed by atoms with Crippen molar-refractivity contribution in [3.05, 3.63) is 71.9 Å². The highest BCUT2D eigenvalue weighted by Crippen LogP contribution is 2.16. The van der Waals surface area contributed by atoms with Gasteiger partial charge in [-0.05, 0) is 5.56 Å². The third-order valence-corrected chi connectivity index (χ3v) is 6.12. The number of carbonyl (C=O) groups excluding carboxylic acids is 1. The van der Waals surface area contributed by atoms with Crippen LogP contribution >= 0.6 is 0 Å². The number of hydrogen-bond donors (Lipinski definition) is 0. The maximum absolute atomic E-state index is 11.4. The Morgan fingerprint density at radius 2 is 1.42 bits per heavy atom. The average Bonchev–Trinajstić information content (AvgIpc) is 2.47. The molecule has 0 bridgehead atoms. The third kappa shape index (κ3) is 3.29. The van der Waals surface area contributed by atoms with Gasteiger partial charge in [0, 0.05) is 5.57 Å². The van der Waals surface area contributed by atoms with E-state index in [1.165, 1.54) is 5.19 Å². The second-order valence-corrected chi connectivity index (χ2v) is 9.48. The Balaban J connectivity index is 2.40. The van der Waals surface area contributed by atoms with Gasteiger partial charge in [0.25, 0.3) is 0 Å². The van der Waals surface area contributed by atoms with Crippen LogP contribution in [0.5, 0.6) is 0 Å². The molecule has 0 atom stereocenters. The van der Waals surface area contributed by atoms with E-state index in [2.05, 4.69) is 43.1 Å². The smallest absolute Gasteiger partial charge is 0.149 e. The first-order chi connectivity index (χ1) is 9.13. The lowest BCUT2D eigenvalue weighted by Gasteiger charge is -2.19. The topological polar surface area (TPSA) is 17.1 Å². The number of hydrogen-bond acceptors (Lipinski definition) is 1. The van der Waals surface area contributed by atoms with Crippen molar-refractivity contribution in [1.82, 2.24) is 0 Å². The molecule has 0 N–H and O–H groups in total. The minimum atomic E-state index is -1.74. The van der Waals surface area contributed by atoms with Crippen LogP contribution in [0.15, 0.2) is 66.4 Å². The van der Waals surface area contributed by atoms with E-state index < -0.39 is 8.07 Å². The van der Waals surface area contributed by atoms with Crippen LogP contribution in [0.2, 0.25) is 13.1 Å². The van der Waals surface area contributed by atoms with Gasteiger partial charge in [0.15, 0.2) is 0 Å². The van der Waals surface area contributed by atoms with E-state index in [0.717, 1.165) is 17.4 Å². The first-order valence-electron chi connectivity index (χ1n) is 6.42. The van der Waals surface area contributed by atoms with Crippen LogP contribution in [0, 0.1) is 0 Å². The van der Waals surface area contributed by atoms with Crippen molar-refractivity contribution in [2.24, 2.45) is 0 Å². The maximum Gasteiger partial charge on any atom is 0.149 e. The summed E-state index contributed by atoms with van der Waals surface area (Å²) >= 11 is 0. The van der Waals surface area contributed by atoms with E-state index in [-0.39, 0.29) is 0 Å². The van der Waals surface area contributed by atoms with Gasteiger partial charge < -0.3 is 0 Å². The van der Waals surface area contributed by atoms with Gasteiger partial charge in [-0.1, -0.05) is 84.6 Å². The van der Waals surface area contributed by atoms with E-state index in [4.69, 9.17) is 0 Å². The van der Waals surface area contributed by atoms with E-state index in [0.29, 0.717) is 0 Å². The average molecular weight is 266 g/mol. The van der Waals surface area contributed by atoms with Gasteiger partial charge in [-0.3, -0.25) is 4.79 Å². The summed E-state index contributed by atoms with van der Waals surface area (Å²) in [5.74, 6) is 0. The summed E-state index contributed by atoms with van der Waals surface area (Å²) in [4.78, 5) is 11.4. The highest BCUT2D eigenvalue weighted by Gasteiger charge is 2.21. The molecular formula is C17H18OSi. The summed E-state index contributed by atoms with van der Waals surface area (Å²) in [6, 6.07) is 20.3.